The number of carboxylic acid groups (broad SMARTS) is 3. The van der Waals surface area contributed by atoms with Crippen LogP contribution in [-0.4, -0.2) is 81.6 Å². The first-order valence-electron chi connectivity index (χ1n) is 6.59. The van der Waals surface area contributed by atoms with Gasteiger partial charge in [-0.05, 0) is 0 Å². The summed E-state index contributed by atoms with van der Waals surface area (Å²) in [6.07, 6.45) is 0. The first kappa shape index (κ1) is 85.4. The summed E-state index contributed by atoms with van der Waals surface area (Å²) in [4.78, 5) is 118. The van der Waals surface area contributed by atoms with E-state index >= 15 is 0 Å². The number of hydrogen-bond donors (Lipinski definition) is 12. The number of carbonyl (C=O) groups is 3. The Morgan fingerprint density at radius 2 is 0.463 bits per heavy atom. The van der Waals surface area contributed by atoms with Crippen molar-refractivity contribution in [3.8, 4) is 0 Å². The Morgan fingerprint density at radius 1 is 0.439 bits per heavy atom. The van der Waals surface area contributed by atoms with Gasteiger partial charge in [-0.2, -0.15) is 7.82 Å². The minimum atomic E-state index is -5.39. The predicted molar refractivity (Wildman–Crippen MR) is 92.6 cm³/mol. The van der Waals surface area contributed by atoms with Crippen LogP contribution in [0.3, 0.4) is 0 Å². The van der Waals surface area contributed by atoms with Crippen LogP contribution in [0.2, 0.25) is 0 Å². The van der Waals surface area contributed by atoms with E-state index in [1.54, 1.807) is 0 Å². The largest absolute Gasteiger partial charge is 1.00 e. The van der Waals surface area contributed by atoms with Gasteiger partial charge in [-0.3, -0.25) is 0 Å². The van der Waals surface area contributed by atoms with E-state index in [-0.39, 0.29) is 197 Å². The summed E-state index contributed by atoms with van der Waals surface area (Å²) >= 11 is 0. The van der Waals surface area contributed by atoms with Gasteiger partial charge in [-0.25, -0.2) is 13.7 Å². The van der Waals surface area contributed by atoms with Gasteiger partial charge in [0.05, 0.1) is 17.9 Å². The van der Waals surface area contributed by atoms with Crippen molar-refractivity contribution >= 4 is 49.2 Å². The molecule has 25 nitrogen and oxygen atoms in total. The Kier molecular flexibility index (Phi) is 107. The van der Waals surface area contributed by atoms with Gasteiger partial charge in [0.1, 0.15) is 0 Å². The molecule has 0 amide bonds. The minimum Gasteiger partial charge on any atom is -0.822 e. The summed E-state index contributed by atoms with van der Waals surface area (Å²) in [6.45, 7) is -1.17. The van der Waals surface area contributed by atoms with Crippen LogP contribution in [0.5, 0.6) is 0 Å². The molecular weight excluding hydrogens is 728 g/mol. The van der Waals surface area contributed by atoms with Crippen LogP contribution in [0.1, 0.15) is 0 Å². The molecule has 0 atom stereocenters. The summed E-state index contributed by atoms with van der Waals surface area (Å²) in [5, 5.41) is 27.4. The van der Waals surface area contributed by atoms with Crippen LogP contribution in [-0.2, 0) is 32.6 Å². The zero-order valence-electron chi connectivity index (χ0n) is 22.5. The zero-order valence-corrected chi connectivity index (χ0v) is 38.1. The molecule has 0 aromatic carbocycles. The number of carboxylic acids is 3. The van der Waals surface area contributed by atoms with Crippen LogP contribution in [0.25, 0.3) is 0 Å². The SMILES string of the molecule is NCC(=O)[O-].NCC(=O)[O-].NCC(=O)[O-].O=P(O)(O)O.O=P(O)(O)O.O=P(O)(O)O.O=P([O-])([O-])[O-].[Na+].[Na+].[Na+].[Na+].[Na+].[Na+]. The smallest absolute Gasteiger partial charge is 0.822 e. The summed E-state index contributed by atoms with van der Waals surface area (Å²) in [5.41, 5.74) is 13.5. The van der Waals surface area contributed by atoms with E-state index in [4.69, 9.17) is 107 Å². The molecular formula is C6H21N3Na6O22P4. The second-order valence-electron chi connectivity index (χ2n) is 3.72. The molecule has 0 bridgehead atoms. The molecule has 0 saturated heterocycles. The van der Waals surface area contributed by atoms with Crippen molar-refractivity contribution in [1.82, 2.24) is 0 Å². The van der Waals surface area contributed by atoms with Gasteiger partial charge in [-0.1, -0.05) is 0 Å². The van der Waals surface area contributed by atoms with Crippen molar-refractivity contribution in [3.63, 3.8) is 0 Å². The van der Waals surface area contributed by atoms with Crippen LogP contribution in [0.15, 0.2) is 0 Å². The topological polar surface area (TPSA) is 518 Å². The second kappa shape index (κ2) is 51.6. The van der Waals surface area contributed by atoms with E-state index in [9.17, 15) is 0 Å². The van der Waals surface area contributed by atoms with Crippen LogP contribution < -0.4 is 225 Å². The average Bonchev–Trinajstić information content (AvgIpc) is 2.49. The molecule has 0 heterocycles. The van der Waals surface area contributed by atoms with Gasteiger partial charge in [0.2, 0.25) is 0 Å². The summed E-state index contributed by atoms with van der Waals surface area (Å²) in [6, 6.07) is 0. The molecule has 0 aliphatic heterocycles. The predicted octanol–water partition coefficient (Wildman–Crippen LogP) is -30.5. The molecule has 0 aliphatic carbocycles. The molecule has 0 aromatic rings. The van der Waals surface area contributed by atoms with Crippen molar-refractivity contribution in [2.75, 3.05) is 19.6 Å². The van der Waals surface area contributed by atoms with E-state index in [1.165, 1.54) is 0 Å². The quantitative estimate of drug-likeness (QED) is 0.0941. The molecule has 0 radical (unpaired) electrons. The molecule has 0 fully saturated rings. The normalized spacial score (nSPS) is 8.46. The Labute approximate surface area is 364 Å². The van der Waals surface area contributed by atoms with E-state index < -0.39 is 49.2 Å². The summed E-state index contributed by atoms with van der Waals surface area (Å²) in [5.74, 6) is -3.65. The summed E-state index contributed by atoms with van der Waals surface area (Å²) in [7, 11) is -19.3. The van der Waals surface area contributed by atoms with Gasteiger partial charge in [0, 0.05) is 19.6 Å². The maximum absolute atomic E-state index is 9.13. The van der Waals surface area contributed by atoms with Crippen molar-refractivity contribution in [1.29, 1.82) is 0 Å². The standard InChI is InChI=1S/3C2H5NO2.6Na.4H3O4P/c3*3-1-2(4)5;;;;;;;4*1-5(2,3)4/h3*1,3H2,(H,4,5);;;;;;;4*(H3,1,2,3,4)/q;;;6*+1;;;;/p-6. The number of nitrogens with two attached hydrogens (primary N) is 3. The third-order valence-electron chi connectivity index (χ3n) is 0.500. The number of rotatable bonds is 3. The molecule has 0 aliphatic rings. The monoisotopic (exact) mass is 749 g/mol. The summed E-state index contributed by atoms with van der Waals surface area (Å²) < 4.78 is 35.2. The second-order valence-corrected chi connectivity index (χ2v) is 7.69. The van der Waals surface area contributed by atoms with Gasteiger partial charge in [-0.15, -0.1) is 0 Å². The molecule has 0 aromatic heterocycles. The number of hydrogen-bond acceptors (Lipinski definition) is 16. The van der Waals surface area contributed by atoms with Crippen molar-refractivity contribution in [2.45, 2.75) is 0 Å². The van der Waals surface area contributed by atoms with Gasteiger partial charge >= 0.3 is 201 Å². The molecule has 0 spiro atoms. The van der Waals surface area contributed by atoms with Crippen LogP contribution in [0.4, 0.5) is 0 Å². The first-order valence-corrected chi connectivity index (χ1v) is 12.7. The molecule has 0 rings (SSSR count). The Hall–Kier alpha value is 4.73. The van der Waals surface area contributed by atoms with Crippen LogP contribution >= 0.6 is 31.3 Å². The maximum Gasteiger partial charge on any atom is 1.00 e. The minimum absolute atomic E-state index is 0. The van der Waals surface area contributed by atoms with Crippen molar-refractivity contribution in [3.05, 3.63) is 0 Å². The van der Waals surface area contributed by atoms with Gasteiger partial charge in [0.15, 0.2) is 0 Å². The Bertz CT molecular complexity index is 595. The molecule has 218 valence electrons. The third kappa shape index (κ3) is 709. The molecule has 15 N–H and O–H groups in total. The third-order valence-corrected chi connectivity index (χ3v) is 0.500. The van der Waals surface area contributed by atoms with Gasteiger partial charge < -0.3 is 110 Å². The Balaban J connectivity index is -0.0000000198. The Morgan fingerprint density at radius 3 is 0.463 bits per heavy atom. The fraction of sp³-hybridized carbons (Fsp3) is 0.500. The van der Waals surface area contributed by atoms with Crippen LogP contribution in [0, 0.1) is 0 Å². The van der Waals surface area contributed by atoms with E-state index in [2.05, 4.69) is 17.2 Å². The molecule has 0 saturated carbocycles. The van der Waals surface area contributed by atoms with E-state index in [0.29, 0.717) is 0 Å². The fourth-order valence-corrected chi connectivity index (χ4v) is 0. The van der Waals surface area contributed by atoms with E-state index in [1.807, 2.05) is 0 Å². The average molecular weight is 749 g/mol. The molecule has 41 heavy (non-hydrogen) atoms. The van der Waals surface area contributed by atoms with Gasteiger partial charge in [0.25, 0.3) is 0 Å². The maximum atomic E-state index is 9.13. The molecule has 0 unspecified atom stereocenters. The first-order chi connectivity index (χ1) is 14.8. The van der Waals surface area contributed by atoms with Crippen molar-refractivity contribution in [2.24, 2.45) is 17.2 Å². The molecule has 35 heteroatoms. The number of carbonyl (C=O) groups excluding carboxylic acids is 3. The van der Waals surface area contributed by atoms with E-state index in [0.717, 1.165) is 0 Å². The zero-order chi connectivity index (χ0) is 30.9. The van der Waals surface area contributed by atoms with Crippen molar-refractivity contribution < 1.29 is 284 Å². The fourth-order valence-electron chi connectivity index (χ4n) is 0. The number of aliphatic carboxylic acids is 3. The number of phosphoric acid groups is 4.